The zero-order valence-electron chi connectivity index (χ0n) is 25.4. The summed E-state index contributed by atoms with van der Waals surface area (Å²) in [6.45, 7) is 7.27. The van der Waals surface area contributed by atoms with Crippen molar-refractivity contribution in [1.29, 1.82) is 0 Å². The fourth-order valence-electron chi connectivity index (χ4n) is 5.97. The molecule has 4 aromatic rings. The van der Waals surface area contributed by atoms with Gasteiger partial charge in [-0.3, -0.25) is 4.79 Å². The number of carbonyl (C=O) groups excluding carboxylic acids is 1. The van der Waals surface area contributed by atoms with Crippen LogP contribution in [0.5, 0.6) is 17.2 Å². The van der Waals surface area contributed by atoms with Gasteiger partial charge in [-0.05, 0) is 76.4 Å². The van der Waals surface area contributed by atoms with E-state index in [4.69, 9.17) is 18.6 Å². The van der Waals surface area contributed by atoms with Crippen molar-refractivity contribution in [3.63, 3.8) is 0 Å². The second-order valence-corrected chi connectivity index (χ2v) is 11.3. The molecule has 3 aromatic carbocycles. The standard InChI is InChI=1S/C35H42N2O5/c1-24-13-15-30-28(22-24)23-36(3)19-17-27(26-10-7-6-8-11-26)12-9-18-37(20-21-41-30)35(38)32-25(2)29-14-16-31(39-4)34(40-5)33(29)42-32/h6-8,10-11,13-16,22,27H,9,12,17-21,23H2,1-5H3. The van der Waals surface area contributed by atoms with E-state index in [-0.39, 0.29) is 5.91 Å². The van der Waals surface area contributed by atoms with Crippen molar-refractivity contribution in [2.75, 3.05) is 47.5 Å². The molecule has 0 saturated carbocycles. The van der Waals surface area contributed by atoms with Crippen LogP contribution in [0.1, 0.15) is 58.0 Å². The lowest BCUT2D eigenvalue weighted by molar-refractivity contribution is 0.0694. The van der Waals surface area contributed by atoms with Crippen LogP contribution in [0.15, 0.2) is 65.1 Å². The van der Waals surface area contributed by atoms with Crippen molar-refractivity contribution in [1.82, 2.24) is 9.80 Å². The number of hydrogen-bond acceptors (Lipinski definition) is 6. The first kappa shape index (κ1) is 29.5. The summed E-state index contributed by atoms with van der Waals surface area (Å²) in [5, 5.41) is 0.840. The fraction of sp³-hybridized carbons (Fsp3) is 0.400. The molecule has 0 fully saturated rings. The molecule has 5 rings (SSSR count). The highest BCUT2D eigenvalue weighted by Crippen LogP contribution is 2.39. The fourth-order valence-corrected chi connectivity index (χ4v) is 5.97. The summed E-state index contributed by atoms with van der Waals surface area (Å²) in [6, 6.07) is 20.8. The second kappa shape index (κ2) is 13.3. The van der Waals surface area contributed by atoms with E-state index in [1.165, 1.54) is 11.1 Å². The number of methoxy groups -OCH3 is 2. The van der Waals surface area contributed by atoms with Gasteiger partial charge < -0.3 is 28.4 Å². The third-order valence-corrected chi connectivity index (χ3v) is 8.32. The third kappa shape index (κ3) is 6.41. The number of aryl methyl sites for hydroxylation is 2. The number of nitrogens with zero attached hydrogens (tertiary/aromatic N) is 2. The zero-order chi connectivity index (χ0) is 29.6. The summed E-state index contributed by atoms with van der Waals surface area (Å²) in [6.07, 6.45) is 2.91. The first-order chi connectivity index (χ1) is 20.4. The number of hydrogen-bond donors (Lipinski definition) is 0. The Labute approximate surface area is 249 Å². The molecule has 1 atom stereocenters. The number of ether oxygens (including phenoxy) is 3. The van der Waals surface area contributed by atoms with E-state index in [1.807, 2.05) is 30.0 Å². The van der Waals surface area contributed by atoms with Gasteiger partial charge in [-0.2, -0.15) is 0 Å². The molecular formula is C35H42N2O5. The molecule has 1 unspecified atom stereocenters. The summed E-state index contributed by atoms with van der Waals surface area (Å²) in [5.41, 5.74) is 5.04. The van der Waals surface area contributed by atoms with E-state index in [0.29, 0.717) is 48.5 Å². The summed E-state index contributed by atoms with van der Waals surface area (Å²) in [5.74, 6) is 2.52. The lowest BCUT2D eigenvalue weighted by atomic mass is 9.91. The maximum atomic E-state index is 14.1. The monoisotopic (exact) mass is 570 g/mol. The van der Waals surface area contributed by atoms with Crippen LogP contribution in [-0.4, -0.2) is 63.2 Å². The van der Waals surface area contributed by atoms with Crippen LogP contribution in [0.3, 0.4) is 0 Å². The van der Waals surface area contributed by atoms with Crippen LogP contribution in [-0.2, 0) is 6.54 Å². The molecule has 0 spiro atoms. The number of carbonyl (C=O) groups is 1. The highest BCUT2D eigenvalue weighted by Gasteiger charge is 2.26. The minimum Gasteiger partial charge on any atom is -0.493 e. The van der Waals surface area contributed by atoms with Crippen molar-refractivity contribution in [3.05, 3.63) is 88.7 Å². The molecule has 0 aliphatic carbocycles. The zero-order valence-corrected chi connectivity index (χ0v) is 25.4. The average Bonchev–Trinajstić information content (AvgIpc) is 3.34. The molecule has 0 radical (unpaired) electrons. The van der Waals surface area contributed by atoms with Crippen LogP contribution < -0.4 is 14.2 Å². The maximum absolute atomic E-state index is 14.1. The van der Waals surface area contributed by atoms with Crippen LogP contribution >= 0.6 is 0 Å². The Morgan fingerprint density at radius 1 is 0.929 bits per heavy atom. The highest BCUT2D eigenvalue weighted by molar-refractivity contribution is 6.00. The number of benzene rings is 3. The van der Waals surface area contributed by atoms with Gasteiger partial charge in [0.1, 0.15) is 12.4 Å². The van der Waals surface area contributed by atoms with E-state index in [9.17, 15) is 4.79 Å². The Kier molecular flexibility index (Phi) is 9.38. The Balaban J connectivity index is 1.45. The summed E-state index contributed by atoms with van der Waals surface area (Å²) in [4.78, 5) is 18.3. The lowest BCUT2D eigenvalue weighted by Gasteiger charge is -2.27. The third-order valence-electron chi connectivity index (χ3n) is 8.32. The number of furan rings is 1. The van der Waals surface area contributed by atoms with Gasteiger partial charge in [0.15, 0.2) is 17.1 Å². The number of fused-ring (bicyclic) bond motifs is 2. The van der Waals surface area contributed by atoms with Crippen molar-refractivity contribution >= 4 is 16.9 Å². The average molecular weight is 571 g/mol. The van der Waals surface area contributed by atoms with Crippen LogP contribution in [0.4, 0.5) is 0 Å². The van der Waals surface area contributed by atoms with Crippen LogP contribution in [0.2, 0.25) is 0 Å². The van der Waals surface area contributed by atoms with Crippen LogP contribution in [0, 0.1) is 13.8 Å². The Bertz CT molecular complexity index is 1510. The summed E-state index contributed by atoms with van der Waals surface area (Å²) >= 11 is 0. The van der Waals surface area contributed by atoms with Crippen molar-refractivity contribution < 1.29 is 23.4 Å². The molecule has 222 valence electrons. The Morgan fingerprint density at radius 2 is 1.74 bits per heavy atom. The molecule has 1 amide bonds. The minimum absolute atomic E-state index is 0.138. The number of amides is 1. The molecule has 0 saturated heterocycles. The molecule has 2 heterocycles. The summed E-state index contributed by atoms with van der Waals surface area (Å²) < 4.78 is 23.6. The van der Waals surface area contributed by atoms with Gasteiger partial charge in [-0.25, -0.2) is 0 Å². The van der Waals surface area contributed by atoms with Crippen LogP contribution in [0.25, 0.3) is 11.0 Å². The van der Waals surface area contributed by atoms with Gasteiger partial charge >= 0.3 is 0 Å². The van der Waals surface area contributed by atoms with E-state index in [1.54, 1.807) is 14.2 Å². The maximum Gasteiger partial charge on any atom is 0.290 e. The molecule has 1 aromatic heterocycles. The van der Waals surface area contributed by atoms with Crippen molar-refractivity contribution in [3.8, 4) is 17.2 Å². The Hall–Kier alpha value is -3.97. The molecule has 1 aliphatic heterocycles. The first-order valence-corrected chi connectivity index (χ1v) is 14.8. The predicted octanol–water partition coefficient (Wildman–Crippen LogP) is 6.99. The van der Waals surface area contributed by atoms with E-state index >= 15 is 0 Å². The molecular weight excluding hydrogens is 528 g/mol. The number of rotatable bonds is 4. The smallest absolute Gasteiger partial charge is 0.290 e. The Morgan fingerprint density at radius 3 is 2.50 bits per heavy atom. The second-order valence-electron chi connectivity index (χ2n) is 11.3. The SMILES string of the molecule is COc1ccc2c(C)c(C(=O)N3CCCC(c4ccccc4)CCN(C)Cc4cc(C)ccc4OCC3)oc2c1OC. The van der Waals surface area contributed by atoms with Gasteiger partial charge in [0, 0.05) is 29.6 Å². The van der Waals surface area contributed by atoms with Gasteiger partial charge in [-0.1, -0.05) is 48.0 Å². The minimum atomic E-state index is -0.138. The van der Waals surface area contributed by atoms with E-state index in [0.717, 1.165) is 54.6 Å². The summed E-state index contributed by atoms with van der Waals surface area (Å²) in [7, 11) is 5.35. The van der Waals surface area contributed by atoms with Gasteiger partial charge in [0.25, 0.3) is 5.91 Å². The lowest BCUT2D eigenvalue weighted by Crippen LogP contribution is -2.36. The molecule has 0 bridgehead atoms. The van der Waals surface area contributed by atoms with Gasteiger partial charge in [0.05, 0.1) is 20.8 Å². The van der Waals surface area contributed by atoms with Gasteiger partial charge in [-0.15, -0.1) is 0 Å². The molecule has 0 N–H and O–H groups in total. The molecule has 1 aliphatic rings. The molecule has 7 nitrogen and oxygen atoms in total. The molecule has 7 heteroatoms. The van der Waals surface area contributed by atoms with E-state index in [2.05, 4.69) is 61.3 Å². The highest BCUT2D eigenvalue weighted by atomic mass is 16.5. The normalized spacial score (nSPS) is 17.3. The van der Waals surface area contributed by atoms with Crippen molar-refractivity contribution in [2.45, 2.75) is 45.6 Å². The van der Waals surface area contributed by atoms with Crippen molar-refractivity contribution in [2.24, 2.45) is 0 Å². The molecule has 42 heavy (non-hydrogen) atoms. The van der Waals surface area contributed by atoms with E-state index < -0.39 is 0 Å². The van der Waals surface area contributed by atoms with Gasteiger partial charge in [0.2, 0.25) is 5.75 Å². The topological polar surface area (TPSA) is 64.4 Å². The quantitative estimate of drug-likeness (QED) is 0.264. The largest absolute Gasteiger partial charge is 0.493 e. The first-order valence-electron chi connectivity index (χ1n) is 14.8. The predicted molar refractivity (Wildman–Crippen MR) is 166 cm³/mol.